The summed E-state index contributed by atoms with van der Waals surface area (Å²) in [6, 6.07) is 3.33. The van der Waals surface area contributed by atoms with Crippen molar-refractivity contribution in [2.24, 2.45) is 5.41 Å². The Labute approximate surface area is 248 Å². The van der Waals surface area contributed by atoms with Crippen LogP contribution in [0.4, 0.5) is 19.4 Å². The van der Waals surface area contributed by atoms with Crippen molar-refractivity contribution in [2.75, 3.05) is 0 Å². The number of aromatic nitrogens is 1. The van der Waals surface area contributed by atoms with Crippen molar-refractivity contribution >= 4 is 18.5 Å². The van der Waals surface area contributed by atoms with Gasteiger partial charge in [-0.05, 0) is 78.4 Å². The van der Waals surface area contributed by atoms with Gasteiger partial charge in [0.25, 0.3) is 0 Å². The summed E-state index contributed by atoms with van der Waals surface area (Å²) in [7, 11) is -12.0. The van der Waals surface area contributed by atoms with Gasteiger partial charge in [0.15, 0.2) is 8.32 Å². The Hall–Kier alpha value is -1.49. The maximum absolute atomic E-state index is 13.6. The summed E-state index contributed by atoms with van der Waals surface area (Å²) >= 11 is 0. The zero-order valence-corrected chi connectivity index (χ0v) is 28.2. The number of fused-ring (bicyclic) bond motifs is 4. The Morgan fingerprint density at radius 1 is 0.976 bits per heavy atom. The summed E-state index contributed by atoms with van der Waals surface area (Å²) in [6.45, 7) is 19.9. The largest absolute Gasteiger partial charge is 0.410 e. The standard InChI is InChI=1S/C32H46F5NO2SSi/c1-20(2)28-26-27(25-23(38-28)18-31(6,7)19-24(25)40-42(8,9)30(3,4)5)32(16-10-11-17-32)39-29(26)21-12-14-22(15-13-21)41(33,34,35,36)37/h12-15,20,24,29H,10-11,16-19H2,1-9H3/t24?,29-/m1/s1. The molecule has 3 aliphatic rings. The molecule has 0 amide bonds. The highest BCUT2D eigenvalue weighted by Gasteiger charge is 2.65. The number of hydrogen-bond donors (Lipinski definition) is 0. The quantitative estimate of drug-likeness (QED) is 0.243. The third-order valence-electron chi connectivity index (χ3n) is 9.98. The second-order valence-electron chi connectivity index (χ2n) is 15.5. The highest BCUT2D eigenvalue weighted by atomic mass is 32.5. The number of benzene rings is 1. The fraction of sp³-hybridized carbons (Fsp3) is 0.656. The van der Waals surface area contributed by atoms with Crippen molar-refractivity contribution < 1.29 is 28.6 Å². The first kappa shape index (κ1) is 31.9. The molecule has 1 aromatic carbocycles. The van der Waals surface area contributed by atoms with Crippen molar-refractivity contribution in [1.82, 2.24) is 4.98 Å². The van der Waals surface area contributed by atoms with Crippen LogP contribution in [0.3, 0.4) is 0 Å². The third kappa shape index (κ3) is 5.58. The van der Waals surface area contributed by atoms with Crippen LogP contribution in [0.2, 0.25) is 18.1 Å². The van der Waals surface area contributed by atoms with E-state index in [9.17, 15) is 19.4 Å². The number of hydrogen-bond acceptors (Lipinski definition) is 3. The molecule has 0 radical (unpaired) electrons. The fourth-order valence-corrected chi connectivity index (χ4v) is 8.83. The van der Waals surface area contributed by atoms with Gasteiger partial charge in [-0.15, -0.1) is 0 Å². The molecule has 236 valence electrons. The molecule has 2 atom stereocenters. The Bertz CT molecular complexity index is 1390. The molecule has 0 N–H and O–H groups in total. The van der Waals surface area contributed by atoms with Crippen LogP contribution in [0.25, 0.3) is 0 Å². The molecule has 1 spiro atoms. The number of rotatable bonds is 5. The monoisotopic (exact) mass is 631 g/mol. The minimum absolute atomic E-state index is 0.00206. The van der Waals surface area contributed by atoms with Gasteiger partial charge in [-0.25, -0.2) is 0 Å². The molecule has 10 heteroatoms. The highest BCUT2D eigenvalue weighted by Crippen LogP contribution is 3.02. The van der Waals surface area contributed by atoms with Crippen molar-refractivity contribution in [3.8, 4) is 0 Å². The van der Waals surface area contributed by atoms with Gasteiger partial charge in [-0.2, -0.15) is 0 Å². The normalized spacial score (nSPS) is 25.3. The van der Waals surface area contributed by atoms with E-state index in [0.29, 0.717) is 17.7 Å². The molecule has 1 fully saturated rings. The molecule has 1 unspecified atom stereocenters. The number of nitrogens with zero attached hydrogens (tertiary/aromatic N) is 1. The number of ether oxygens (including phenoxy) is 1. The first-order valence-corrected chi connectivity index (χ1v) is 20.0. The van der Waals surface area contributed by atoms with Crippen molar-refractivity contribution in [2.45, 2.75) is 134 Å². The maximum atomic E-state index is 13.6. The summed E-state index contributed by atoms with van der Waals surface area (Å²) in [5.74, 6) is 0.0282. The third-order valence-corrected chi connectivity index (χ3v) is 15.6. The van der Waals surface area contributed by atoms with Gasteiger partial charge < -0.3 is 9.16 Å². The van der Waals surface area contributed by atoms with E-state index in [1.165, 1.54) is 0 Å². The molecule has 0 bridgehead atoms. The lowest BCUT2D eigenvalue weighted by atomic mass is 9.70. The smallest absolute Gasteiger partial charge is 0.310 e. The van der Waals surface area contributed by atoms with E-state index < -0.39 is 35.1 Å². The molecule has 1 saturated carbocycles. The van der Waals surface area contributed by atoms with Gasteiger partial charge in [0, 0.05) is 22.5 Å². The summed E-state index contributed by atoms with van der Waals surface area (Å²) in [5, 5.41) is -0.00206. The van der Waals surface area contributed by atoms with Gasteiger partial charge in [0.2, 0.25) is 0 Å². The van der Waals surface area contributed by atoms with E-state index in [2.05, 4.69) is 61.6 Å². The van der Waals surface area contributed by atoms with Crippen molar-refractivity contribution in [1.29, 1.82) is 0 Å². The zero-order chi connectivity index (χ0) is 31.4. The molecular formula is C32H46F5NO2SSi. The minimum Gasteiger partial charge on any atom is -0.410 e. The molecule has 3 nitrogen and oxygen atoms in total. The molecule has 2 heterocycles. The molecule has 2 aliphatic carbocycles. The van der Waals surface area contributed by atoms with E-state index in [1.54, 1.807) is 0 Å². The van der Waals surface area contributed by atoms with Gasteiger partial charge in [-0.3, -0.25) is 4.98 Å². The lowest BCUT2D eigenvalue weighted by Crippen LogP contribution is -2.44. The molecule has 1 aromatic heterocycles. The SMILES string of the molecule is CC(C)c1nc2c(c3c1[C@@H](c1ccc(S(F)(F)(F)(F)F)cc1)OC31CCCC1)C(O[Si](C)(C)C(C)(C)C)CC(C)(C)C2. The molecule has 42 heavy (non-hydrogen) atoms. The summed E-state index contributed by atoms with van der Waals surface area (Å²) < 4.78 is 82.0. The summed E-state index contributed by atoms with van der Waals surface area (Å²) in [6.07, 6.45) is 4.30. The predicted octanol–water partition coefficient (Wildman–Crippen LogP) is 11.8. The Balaban J connectivity index is 1.75. The average Bonchev–Trinajstić information content (AvgIpc) is 3.41. The molecule has 5 rings (SSSR count). The van der Waals surface area contributed by atoms with Gasteiger partial charge >= 0.3 is 10.2 Å². The minimum atomic E-state index is -9.80. The lowest BCUT2D eigenvalue weighted by molar-refractivity contribution is -0.0579. The Morgan fingerprint density at radius 3 is 2.05 bits per heavy atom. The second-order valence-corrected chi connectivity index (χ2v) is 22.6. The molecular weight excluding hydrogens is 586 g/mol. The lowest BCUT2D eigenvalue weighted by Gasteiger charge is -2.45. The molecule has 1 aliphatic heterocycles. The van der Waals surface area contributed by atoms with E-state index >= 15 is 0 Å². The van der Waals surface area contributed by atoms with Crippen LogP contribution < -0.4 is 0 Å². The molecule has 2 aromatic rings. The predicted molar refractivity (Wildman–Crippen MR) is 162 cm³/mol. The fourth-order valence-electron chi connectivity index (χ4n) is 6.92. The van der Waals surface area contributed by atoms with Crippen molar-refractivity contribution in [3.05, 3.63) is 57.9 Å². The molecule has 0 saturated heterocycles. The van der Waals surface area contributed by atoms with Crippen LogP contribution in [0, 0.1) is 5.41 Å². The number of halogens is 5. The van der Waals surface area contributed by atoms with Crippen LogP contribution in [0.1, 0.15) is 132 Å². The Kier molecular flexibility index (Phi) is 6.87. The highest BCUT2D eigenvalue weighted by molar-refractivity contribution is 8.45. The van der Waals surface area contributed by atoms with Gasteiger partial charge in [0.1, 0.15) is 11.0 Å². The zero-order valence-electron chi connectivity index (χ0n) is 26.3. The van der Waals surface area contributed by atoms with Crippen molar-refractivity contribution in [3.63, 3.8) is 0 Å². The summed E-state index contributed by atoms with van der Waals surface area (Å²) in [4.78, 5) is 3.41. The van der Waals surface area contributed by atoms with Crippen LogP contribution in [-0.2, 0) is 21.2 Å². The van der Waals surface area contributed by atoms with Crippen LogP contribution >= 0.6 is 10.2 Å². The Morgan fingerprint density at radius 2 is 1.55 bits per heavy atom. The average molecular weight is 632 g/mol. The first-order valence-electron chi connectivity index (χ1n) is 15.1. The summed E-state index contributed by atoms with van der Waals surface area (Å²) in [5.41, 5.74) is 4.81. The van der Waals surface area contributed by atoms with E-state index in [1.807, 2.05) is 0 Å². The first-order chi connectivity index (χ1) is 18.8. The van der Waals surface area contributed by atoms with Gasteiger partial charge in [0.05, 0.1) is 11.7 Å². The van der Waals surface area contributed by atoms with E-state index in [0.717, 1.165) is 78.7 Å². The maximum Gasteiger partial charge on any atom is 0.310 e. The van der Waals surface area contributed by atoms with E-state index in [-0.39, 0.29) is 22.5 Å². The second kappa shape index (κ2) is 9.04. The van der Waals surface area contributed by atoms with E-state index in [4.69, 9.17) is 14.1 Å². The number of pyridine rings is 1. The van der Waals surface area contributed by atoms with Crippen LogP contribution in [0.15, 0.2) is 29.2 Å². The van der Waals surface area contributed by atoms with Crippen LogP contribution in [0.5, 0.6) is 0 Å². The van der Waals surface area contributed by atoms with Gasteiger partial charge in [-0.1, -0.05) is 92.9 Å². The van der Waals surface area contributed by atoms with Crippen LogP contribution in [-0.4, -0.2) is 13.3 Å². The topological polar surface area (TPSA) is 31.4 Å².